The SMILES string of the molecule is O=C(N1CCC(O)(Cn2ccncc2=O)C2(CCCC2)C1)N1CCNCC1c1ccccc1. The molecule has 176 valence electrons. The van der Waals surface area contributed by atoms with Gasteiger partial charge in [0.1, 0.15) is 0 Å². The molecule has 1 spiro atoms. The number of aromatic nitrogens is 2. The molecule has 2 amide bonds. The van der Waals surface area contributed by atoms with Gasteiger partial charge in [-0.25, -0.2) is 4.79 Å². The van der Waals surface area contributed by atoms with Crippen molar-refractivity contribution in [1.82, 2.24) is 24.7 Å². The van der Waals surface area contributed by atoms with Gasteiger partial charge in [0.15, 0.2) is 0 Å². The first kappa shape index (κ1) is 22.1. The first-order chi connectivity index (χ1) is 16.0. The van der Waals surface area contributed by atoms with Crippen LogP contribution < -0.4 is 10.9 Å². The Morgan fingerprint density at radius 2 is 1.94 bits per heavy atom. The summed E-state index contributed by atoms with van der Waals surface area (Å²) in [5.41, 5.74) is -0.475. The number of hydrogen-bond donors (Lipinski definition) is 2. The van der Waals surface area contributed by atoms with Crippen LogP contribution in [0.2, 0.25) is 0 Å². The number of hydrogen-bond acceptors (Lipinski definition) is 5. The van der Waals surface area contributed by atoms with Crippen LogP contribution in [0, 0.1) is 5.41 Å². The summed E-state index contributed by atoms with van der Waals surface area (Å²) in [7, 11) is 0. The second-order valence-electron chi connectivity index (χ2n) is 9.84. The van der Waals surface area contributed by atoms with Crippen LogP contribution in [0.4, 0.5) is 4.79 Å². The van der Waals surface area contributed by atoms with Gasteiger partial charge < -0.3 is 24.8 Å². The standard InChI is InChI=1S/C25H33N5O3/c31-22-17-27-11-14-28(22)19-25(33)10-13-29(18-24(25)8-4-5-9-24)23(32)30-15-12-26-16-21(30)20-6-2-1-3-7-20/h1-3,6-7,11,14,17,21,26,33H,4-5,8-10,12-13,15-16,18-19H2. The molecule has 3 aliphatic rings. The Hall–Kier alpha value is -2.71. The van der Waals surface area contributed by atoms with Gasteiger partial charge >= 0.3 is 6.03 Å². The number of likely N-dealkylation sites (tertiary alicyclic amines) is 1. The lowest BCUT2D eigenvalue weighted by atomic mass is 9.66. The fourth-order valence-electron chi connectivity index (χ4n) is 6.14. The summed E-state index contributed by atoms with van der Waals surface area (Å²) >= 11 is 0. The van der Waals surface area contributed by atoms with E-state index in [9.17, 15) is 14.7 Å². The number of aliphatic hydroxyl groups is 1. The fourth-order valence-corrected chi connectivity index (χ4v) is 6.14. The summed E-state index contributed by atoms with van der Waals surface area (Å²) in [6.45, 7) is 3.46. The monoisotopic (exact) mass is 451 g/mol. The van der Waals surface area contributed by atoms with Crippen LogP contribution in [0.15, 0.2) is 53.7 Å². The third-order valence-electron chi connectivity index (χ3n) is 8.01. The van der Waals surface area contributed by atoms with E-state index < -0.39 is 5.60 Å². The second-order valence-corrected chi connectivity index (χ2v) is 9.84. The van der Waals surface area contributed by atoms with Crippen molar-refractivity contribution < 1.29 is 9.90 Å². The normalized spacial score (nSPS) is 27.1. The smallest absolute Gasteiger partial charge is 0.320 e. The Kier molecular flexibility index (Phi) is 5.97. The number of carbonyl (C=O) groups excluding carboxylic acids is 1. The van der Waals surface area contributed by atoms with Crippen molar-refractivity contribution in [3.8, 4) is 0 Å². The molecule has 2 unspecified atom stereocenters. The Morgan fingerprint density at radius 3 is 2.70 bits per heavy atom. The molecule has 3 heterocycles. The van der Waals surface area contributed by atoms with Crippen molar-refractivity contribution in [3.05, 3.63) is 64.8 Å². The summed E-state index contributed by atoms with van der Waals surface area (Å²) in [5, 5.41) is 15.3. The number of amides is 2. The molecule has 0 bridgehead atoms. The number of urea groups is 1. The van der Waals surface area contributed by atoms with Gasteiger partial charge in [-0.15, -0.1) is 0 Å². The van der Waals surface area contributed by atoms with Gasteiger partial charge in [-0.05, 0) is 24.8 Å². The summed E-state index contributed by atoms with van der Waals surface area (Å²) in [6, 6.07) is 10.2. The second kappa shape index (κ2) is 8.91. The summed E-state index contributed by atoms with van der Waals surface area (Å²) in [5.74, 6) is 0. The zero-order chi connectivity index (χ0) is 22.9. The molecule has 3 fully saturated rings. The first-order valence-corrected chi connectivity index (χ1v) is 12.1. The minimum Gasteiger partial charge on any atom is -0.387 e. The van der Waals surface area contributed by atoms with Crippen LogP contribution in [0.1, 0.15) is 43.7 Å². The van der Waals surface area contributed by atoms with Gasteiger partial charge in [0.25, 0.3) is 5.56 Å². The minimum absolute atomic E-state index is 0.00295. The molecule has 5 rings (SSSR count). The molecule has 8 heteroatoms. The van der Waals surface area contributed by atoms with Crippen molar-refractivity contribution in [3.63, 3.8) is 0 Å². The number of rotatable bonds is 3. The molecule has 33 heavy (non-hydrogen) atoms. The van der Waals surface area contributed by atoms with Crippen LogP contribution in [0.25, 0.3) is 0 Å². The van der Waals surface area contributed by atoms with E-state index in [1.165, 1.54) is 6.20 Å². The third kappa shape index (κ3) is 4.06. The minimum atomic E-state index is -1.02. The lowest BCUT2D eigenvalue weighted by molar-refractivity contribution is -0.136. The highest BCUT2D eigenvalue weighted by Crippen LogP contribution is 2.51. The van der Waals surface area contributed by atoms with E-state index in [2.05, 4.69) is 22.4 Å². The van der Waals surface area contributed by atoms with Crippen LogP contribution in [-0.4, -0.2) is 68.8 Å². The lowest BCUT2D eigenvalue weighted by Gasteiger charge is -2.53. The number of nitrogens with one attached hydrogen (secondary N) is 1. The van der Waals surface area contributed by atoms with Crippen molar-refractivity contribution in [1.29, 1.82) is 0 Å². The Morgan fingerprint density at radius 1 is 1.15 bits per heavy atom. The molecule has 2 N–H and O–H groups in total. The van der Waals surface area contributed by atoms with E-state index >= 15 is 0 Å². The predicted octanol–water partition coefficient (Wildman–Crippen LogP) is 2.01. The van der Waals surface area contributed by atoms with E-state index in [0.717, 1.165) is 44.3 Å². The van der Waals surface area contributed by atoms with Gasteiger partial charge in [0.05, 0.1) is 24.4 Å². The van der Waals surface area contributed by atoms with Crippen LogP contribution in [0.3, 0.4) is 0 Å². The predicted molar refractivity (Wildman–Crippen MR) is 125 cm³/mol. The van der Waals surface area contributed by atoms with Crippen molar-refractivity contribution in [2.24, 2.45) is 5.41 Å². The molecule has 2 aliphatic heterocycles. The average molecular weight is 452 g/mol. The highest BCUT2D eigenvalue weighted by atomic mass is 16.3. The molecular formula is C25H33N5O3. The van der Waals surface area contributed by atoms with Crippen LogP contribution >= 0.6 is 0 Å². The van der Waals surface area contributed by atoms with E-state index in [0.29, 0.717) is 26.1 Å². The zero-order valence-electron chi connectivity index (χ0n) is 19.0. The van der Waals surface area contributed by atoms with Gasteiger partial charge in [-0.1, -0.05) is 43.2 Å². The highest BCUT2D eigenvalue weighted by Gasteiger charge is 2.56. The maximum Gasteiger partial charge on any atom is 0.320 e. The number of nitrogens with zero attached hydrogens (tertiary/aromatic N) is 4. The van der Waals surface area contributed by atoms with E-state index in [4.69, 9.17) is 0 Å². The van der Waals surface area contributed by atoms with Gasteiger partial charge in [-0.2, -0.15) is 0 Å². The maximum atomic E-state index is 13.8. The molecular weight excluding hydrogens is 418 g/mol. The van der Waals surface area contributed by atoms with E-state index in [-0.39, 0.29) is 29.6 Å². The quantitative estimate of drug-likeness (QED) is 0.745. The molecule has 8 nitrogen and oxygen atoms in total. The molecule has 1 aliphatic carbocycles. The molecule has 2 aromatic rings. The zero-order valence-corrected chi connectivity index (χ0v) is 19.0. The first-order valence-electron chi connectivity index (χ1n) is 12.1. The van der Waals surface area contributed by atoms with Gasteiger partial charge in [0.2, 0.25) is 0 Å². The number of piperidine rings is 1. The average Bonchev–Trinajstić information content (AvgIpc) is 3.33. The molecule has 1 aromatic carbocycles. The van der Waals surface area contributed by atoms with Gasteiger partial charge in [-0.3, -0.25) is 9.78 Å². The maximum absolute atomic E-state index is 13.8. The summed E-state index contributed by atoms with van der Waals surface area (Å²) in [4.78, 5) is 33.9. The van der Waals surface area contributed by atoms with Crippen LogP contribution in [0.5, 0.6) is 0 Å². The molecule has 0 radical (unpaired) electrons. The van der Waals surface area contributed by atoms with E-state index in [1.807, 2.05) is 28.0 Å². The fraction of sp³-hybridized carbons (Fsp3) is 0.560. The van der Waals surface area contributed by atoms with Crippen molar-refractivity contribution >= 4 is 6.03 Å². The number of benzene rings is 1. The van der Waals surface area contributed by atoms with Gasteiger partial charge in [0, 0.05) is 50.5 Å². The van der Waals surface area contributed by atoms with Crippen molar-refractivity contribution in [2.75, 3.05) is 32.7 Å². The van der Waals surface area contributed by atoms with E-state index in [1.54, 1.807) is 17.0 Å². The number of piperazine rings is 1. The third-order valence-corrected chi connectivity index (χ3v) is 8.01. The summed E-state index contributed by atoms with van der Waals surface area (Å²) in [6.07, 6.45) is 8.80. The Labute approximate surface area is 194 Å². The number of carbonyl (C=O) groups is 1. The molecule has 2 saturated heterocycles. The molecule has 2 atom stereocenters. The largest absolute Gasteiger partial charge is 0.387 e. The van der Waals surface area contributed by atoms with Crippen LogP contribution in [-0.2, 0) is 6.54 Å². The Balaban J connectivity index is 1.38. The topological polar surface area (TPSA) is 90.7 Å². The van der Waals surface area contributed by atoms with Crippen molar-refractivity contribution in [2.45, 2.75) is 50.3 Å². The Bertz CT molecular complexity index is 1040. The lowest BCUT2D eigenvalue weighted by Crippen LogP contribution is -2.64. The molecule has 1 aromatic heterocycles. The summed E-state index contributed by atoms with van der Waals surface area (Å²) < 4.78 is 1.56. The molecule has 1 saturated carbocycles. The highest BCUT2D eigenvalue weighted by molar-refractivity contribution is 5.75.